The van der Waals surface area contributed by atoms with Crippen LogP contribution in [-0.4, -0.2) is 0 Å². The average Bonchev–Trinajstić information content (AvgIpc) is 3.29. The van der Waals surface area contributed by atoms with Gasteiger partial charge in [-0.25, -0.2) is 0 Å². The minimum absolute atomic E-state index is 1.20. The van der Waals surface area contributed by atoms with Gasteiger partial charge in [-0.2, -0.15) is 0 Å². The number of rotatable bonds is 30. The van der Waals surface area contributed by atoms with Crippen molar-refractivity contribution < 1.29 is 0 Å². The monoisotopic (exact) mass is 843 g/mol. The van der Waals surface area contributed by atoms with Crippen molar-refractivity contribution >= 4 is 0 Å². The van der Waals surface area contributed by atoms with Crippen molar-refractivity contribution in [2.45, 2.75) is 288 Å². The van der Waals surface area contributed by atoms with Gasteiger partial charge in [0.25, 0.3) is 0 Å². The first-order valence-electron chi connectivity index (χ1n) is 27.9. The molecule has 3 aromatic carbocycles. The Hall–Kier alpha value is -2.34. The Morgan fingerprint density at radius 3 is 0.468 bits per heavy atom. The van der Waals surface area contributed by atoms with Crippen LogP contribution < -0.4 is 0 Å². The molecule has 62 heavy (non-hydrogen) atoms. The van der Waals surface area contributed by atoms with E-state index in [0.29, 0.717) is 0 Å². The van der Waals surface area contributed by atoms with Crippen molar-refractivity contribution in [3.05, 3.63) is 100 Å². The van der Waals surface area contributed by atoms with Crippen molar-refractivity contribution in [1.82, 2.24) is 0 Å². The molecule has 2 aliphatic carbocycles. The molecule has 0 N–H and O–H groups in total. The Labute approximate surface area is 386 Å². The molecule has 0 aromatic heterocycles. The summed E-state index contributed by atoms with van der Waals surface area (Å²) in [5, 5.41) is 0. The van der Waals surface area contributed by atoms with Crippen molar-refractivity contribution in [2.24, 2.45) is 0 Å². The van der Waals surface area contributed by atoms with E-state index in [4.69, 9.17) is 0 Å². The SMILES string of the molecule is CCCCc1c(CCCC)c(CCCC)c2c(c1CCCC)Cc1c(CCCC)c3c(c(CCCC)c1C2)Cc1c(CCCC)c(CCCC)c(CCCC)c(CCCC)c1C3. The smallest absolute Gasteiger partial charge is 0.00142 e. The van der Waals surface area contributed by atoms with Crippen LogP contribution in [0.2, 0.25) is 0 Å². The van der Waals surface area contributed by atoms with E-state index < -0.39 is 0 Å². The maximum atomic E-state index is 2.44. The second-order valence-electron chi connectivity index (χ2n) is 20.4. The summed E-state index contributed by atoms with van der Waals surface area (Å²) in [4.78, 5) is 0. The lowest BCUT2D eigenvalue weighted by molar-refractivity contribution is 0.693. The molecule has 0 saturated heterocycles. The number of hydrogen-bond acceptors (Lipinski definition) is 0. The van der Waals surface area contributed by atoms with Crippen LogP contribution in [0.5, 0.6) is 0 Å². The molecular weight excluding hydrogens is 745 g/mol. The molecular formula is C62H98. The molecule has 0 aliphatic heterocycles. The fourth-order valence-corrected chi connectivity index (χ4v) is 12.2. The van der Waals surface area contributed by atoms with Gasteiger partial charge in [0.05, 0.1) is 0 Å². The van der Waals surface area contributed by atoms with Gasteiger partial charge in [-0.05, 0) is 254 Å². The lowest BCUT2D eigenvalue weighted by atomic mass is 9.67. The highest BCUT2D eigenvalue weighted by molar-refractivity contribution is 5.67. The van der Waals surface area contributed by atoms with E-state index in [2.05, 4.69) is 69.2 Å². The van der Waals surface area contributed by atoms with Gasteiger partial charge in [0.1, 0.15) is 0 Å². The minimum atomic E-state index is 1.20. The maximum absolute atomic E-state index is 2.44. The molecule has 0 heterocycles. The molecule has 0 atom stereocenters. The third-order valence-electron chi connectivity index (χ3n) is 15.8. The molecule has 0 fully saturated rings. The lowest BCUT2D eigenvalue weighted by Crippen LogP contribution is -2.26. The fraction of sp³-hybridized carbons (Fsp3) is 0.710. The first-order chi connectivity index (χ1) is 30.4. The summed E-state index contributed by atoms with van der Waals surface area (Å²) in [5.41, 5.74) is 32.9. The van der Waals surface area contributed by atoms with E-state index in [1.807, 2.05) is 100 Å². The highest BCUT2D eigenvalue weighted by Crippen LogP contribution is 2.47. The van der Waals surface area contributed by atoms with Crippen molar-refractivity contribution in [3.8, 4) is 0 Å². The molecule has 0 bridgehead atoms. The molecule has 2 aliphatic rings. The average molecular weight is 843 g/mol. The molecule has 0 saturated carbocycles. The van der Waals surface area contributed by atoms with Gasteiger partial charge in [-0.3, -0.25) is 0 Å². The van der Waals surface area contributed by atoms with Gasteiger partial charge in [0.15, 0.2) is 0 Å². The Bertz CT molecular complexity index is 1590. The molecule has 0 spiro atoms. The Morgan fingerprint density at radius 1 is 0.177 bits per heavy atom. The van der Waals surface area contributed by atoms with E-state index in [1.165, 1.54) is 218 Å². The van der Waals surface area contributed by atoms with Crippen molar-refractivity contribution in [1.29, 1.82) is 0 Å². The summed E-state index contributed by atoms with van der Waals surface area (Å²) in [6.45, 7) is 24.3. The number of hydrogen-bond donors (Lipinski definition) is 0. The van der Waals surface area contributed by atoms with Crippen LogP contribution in [0.1, 0.15) is 298 Å². The second-order valence-corrected chi connectivity index (χ2v) is 20.4. The zero-order valence-electron chi connectivity index (χ0n) is 43.0. The van der Waals surface area contributed by atoms with E-state index in [0.717, 1.165) is 0 Å². The number of benzene rings is 3. The maximum Gasteiger partial charge on any atom is -0.00142 e. The normalized spacial score (nSPS) is 13.1. The van der Waals surface area contributed by atoms with Gasteiger partial charge in [-0.1, -0.05) is 133 Å². The van der Waals surface area contributed by atoms with Crippen LogP contribution >= 0.6 is 0 Å². The highest BCUT2D eigenvalue weighted by atomic mass is 14.4. The van der Waals surface area contributed by atoms with Gasteiger partial charge in [-0.15, -0.1) is 0 Å². The zero-order chi connectivity index (χ0) is 44.4. The molecule has 5 rings (SSSR count). The Kier molecular flexibility index (Phi) is 21.7. The predicted molar refractivity (Wildman–Crippen MR) is 277 cm³/mol. The number of fused-ring (bicyclic) bond motifs is 4. The van der Waals surface area contributed by atoms with Crippen LogP contribution in [0.4, 0.5) is 0 Å². The van der Waals surface area contributed by atoms with Gasteiger partial charge >= 0.3 is 0 Å². The standard InChI is InChI=1S/C62H98/c1-11-21-31-45-46(32-22-12-2)50(36-26-16-6)56-42-60-54(40-30-20-10)62-44-58-52(38-28-18-8)48(34-24-14-4)47(33-23-13-3)51(37-27-17-7)57(58)43-61(62)53(39-29-19-9)59(60)41-55(56)49(45)35-25-15-5/h11-44H2,1-10H3. The summed E-state index contributed by atoms with van der Waals surface area (Å²) < 4.78 is 0. The lowest BCUT2D eigenvalue weighted by Gasteiger charge is -2.38. The molecule has 0 unspecified atom stereocenters. The molecule has 0 amide bonds. The first kappa shape index (κ1) is 50.7. The third kappa shape index (κ3) is 11.7. The summed E-state index contributed by atoms with van der Waals surface area (Å²) in [6, 6.07) is 0. The Balaban J connectivity index is 1.88. The van der Waals surface area contributed by atoms with E-state index in [-0.39, 0.29) is 0 Å². The summed E-state index contributed by atoms with van der Waals surface area (Å²) >= 11 is 0. The van der Waals surface area contributed by atoms with Gasteiger partial charge in [0.2, 0.25) is 0 Å². The van der Waals surface area contributed by atoms with Gasteiger partial charge < -0.3 is 0 Å². The van der Waals surface area contributed by atoms with E-state index >= 15 is 0 Å². The molecule has 346 valence electrons. The molecule has 0 nitrogen and oxygen atoms in total. The van der Waals surface area contributed by atoms with Crippen LogP contribution in [0, 0.1) is 0 Å². The Morgan fingerprint density at radius 2 is 0.306 bits per heavy atom. The first-order valence-corrected chi connectivity index (χ1v) is 27.9. The fourth-order valence-electron chi connectivity index (χ4n) is 12.2. The van der Waals surface area contributed by atoms with E-state index in [9.17, 15) is 0 Å². The highest BCUT2D eigenvalue weighted by Gasteiger charge is 2.35. The van der Waals surface area contributed by atoms with Crippen LogP contribution in [0.3, 0.4) is 0 Å². The minimum Gasteiger partial charge on any atom is -0.0654 e. The van der Waals surface area contributed by atoms with Crippen LogP contribution in [-0.2, 0) is 89.9 Å². The van der Waals surface area contributed by atoms with Crippen LogP contribution in [0.25, 0.3) is 0 Å². The zero-order valence-corrected chi connectivity index (χ0v) is 43.0. The summed E-state index contributed by atoms with van der Waals surface area (Å²) in [7, 11) is 0. The van der Waals surface area contributed by atoms with Gasteiger partial charge in [0, 0.05) is 0 Å². The largest absolute Gasteiger partial charge is 0.0654 e. The van der Waals surface area contributed by atoms with E-state index in [1.54, 1.807) is 0 Å². The number of unbranched alkanes of at least 4 members (excludes halogenated alkanes) is 10. The summed E-state index contributed by atoms with van der Waals surface area (Å²) in [5.74, 6) is 0. The summed E-state index contributed by atoms with van der Waals surface area (Å²) in [6.07, 6.45) is 43.8. The topological polar surface area (TPSA) is 0 Å². The predicted octanol–water partition coefficient (Wildman–Crippen LogP) is 18.1. The molecule has 0 radical (unpaired) electrons. The second kappa shape index (κ2) is 26.6. The quantitative estimate of drug-likeness (QED) is 0.0432. The van der Waals surface area contributed by atoms with Crippen molar-refractivity contribution in [2.75, 3.05) is 0 Å². The molecule has 3 aromatic rings. The van der Waals surface area contributed by atoms with Crippen LogP contribution in [0.15, 0.2) is 0 Å². The third-order valence-corrected chi connectivity index (χ3v) is 15.8. The van der Waals surface area contributed by atoms with Crippen molar-refractivity contribution in [3.63, 3.8) is 0 Å². The molecule has 0 heteroatoms.